The summed E-state index contributed by atoms with van der Waals surface area (Å²) in [6.07, 6.45) is 0.625. The Kier molecular flexibility index (Phi) is 7.98. The number of carbonyl (C=O) groups excluding carboxylic acids is 1. The Morgan fingerprint density at radius 2 is 1.69 bits per heavy atom. The standard InChI is InChI=1S/C9H19NO.C2H6/c1-7(9(2,3)4)6-8(11)10-5;1-2/h7H,6H2,1-5H3,(H,10,11);1-2H3. The SMILES string of the molecule is CC.CNC(=O)CC(C)C(C)(C)C. The minimum absolute atomic E-state index is 0.132. The van der Waals surface area contributed by atoms with Crippen molar-refractivity contribution in [2.45, 2.75) is 48.0 Å². The molecule has 1 unspecified atom stereocenters. The zero-order valence-corrected chi connectivity index (χ0v) is 10.2. The van der Waals surface area contributed by atoms with Gasteiger partial charge in [0.05, 0.1) is 0 Å². The van der Waals surface area contributed by atoms with Crippen LogP contribution in [0, 0.1) is 11.3 Å². The lowest BCUT2D eigenvalue weighted by Gasteiger charge is -2.26. The van der Waals surface area contributed by atoms with Crippen LogP contribution in [0.25, 0.3) is 0 Å². The quantitative estimate of drug-likeness (QED) is 0.707. The van der Waals surface area contributed by atoms with Crippen LogP contribution in [0.5, 0.6) is 0 Å². The average Bonchev–Trinajstić information content (AvgIpc) is 2.06. The van der Waals surface area contributed by atoms with E-state index < -0.39 is 0 Å². The topological polar surface area (TPSA) is 29.1 Å². The van der Waals surface area contributed by atoms with E-state index >= 15 is 0 Å². The Bertz CT molecular complexity index is 136. The van der Waals surface area contributed by atoms with Gasteiger partial charge in [-0.1, -0.05) is 41.5 Å². The van der Waals surface area contributed by atoms with Crippen molar-refractivity contribution < 1.29 is 4.79 Å². The first kappa shape index (κ1) is 15.0. The molecule has 1 N–H and O–H groups in total. The third kappa shape index (κ3) is 7.82. The third-order valence-electron chi connectivity index (χ3n) is 2.25. The molecule has 0 aliphatic rings. The summed E-state index contributed by atoms with van der Waals surface area (Å²) in [6, 6.07) is 0. The Morgan fingerprint density at radius 3 is 1.92 bits per heavy atom. The van der Waals surface area contributed by atoms with Crippen LogP contribution >= 0.6 is 0 Å². The average molecular weight is 187 g/mol. The van der Waals surface area contributed by atoms with Gasteiger partial charge in [-0.15, -0.1) is 0 Å². The van der Waals surface area contributed by atoms with Gasteiger partial charge in [-0.05, 0) is 11.3 Å². The lowest BCUT2D eigenvalue weighted by atomic mass is 9.80. The van der Waals surface area contributed by atoms with Gasteiger partial charge in [0.15, 0.2) is 0 Å². The van der Waals surface area contributed by atoms with Crippen LogP contribution in [0.1, 0.15) is 48.0 Å². The molecule has 0 aliphatic heterocycles. The molecule has 0 heterocycles. The number of rotatable bonds is 2. The highest BCUT2D eigenvalue weighted by Crippen LogP contribution is 2.27. The van der Waals surface area contributed by atoms with Crippen LogP contribution < -0.4 is 5.32 Å². The molecule has 2 nitrogen and oxygen atoms in total. The van der Waals surface area contributed by atoms with E-state index in [0.29, 0.717) is 12.3 Å². The molecule has 0 aliphatic carbocycles. The van der Waals surface area contributed by atoms with Crippen molar-refractivity contribution in [1.29, 1.82) is 0 Å². The van der Waals surface area contributed by atoms with E-state index in [2.05, 4.69) is 33.0 Å². The summed E-state index contributed by atoms with van der Waals surface area (Å²) in [5.41, 5.74) is 0.229. The molecular weight excluding hydrogens is 162 g/mol. The molecule has 13 heavy (non-hydrogen) atoms. The summed E-state index contributed by atoms with van der Waals surface area (Å²) in [4.78, 5) is 11.0. The largest absolute Gasteiger partial charge is 0.359 e. The van der Waals surface area contributed by atoms with Gasteiger partial charge in [-0.2, -0.15) is 0 Å². The second-order valence-electron chi connectivity index (χ2n) is 4.14. The maximum Gasteiger partial charge on any atom is 0.220 e. The highest BCUT2D eigenvalue weighted by atomic mass is 16.1. The molecule has 0 fully saturated rings. The third-order valence-corrected chi connectivity index (χ3v) is 2.25. The molecule has 0 bridgehead atoms. The van der Waals surface area contributed by atoms with Crippen LogP contribution in [0.15, 0.2) is 0 Å². The molecule has 2 heteroatoms. The number of hydrogen-bond acceptors (Lipinski definition) is 1. The fourth-order valence-electron chi connectivity index (χ4n) is 0.686. The van der Waals surface area contributed by atoms with Crippen molar-refractivity contribution in [2.75, 3.05) is 7.05 Å². The van der Waals surface area contributed by atoms with E-state index in [9.17, 15) is 4.79 Å². The van der Waals surface area contributed by atoms with E-state index in [-0.39, 0.29) is 11.3 Å². The molecule has 0 spiro atoms. The summed E-state index contributed by atoms with van der Waals surface area (Å²) < 4.78 is 0. The highest BCUT2D eigenvalue weighted by Gasteiger charge is 2.21. The van der Waals surface area contributed by atoms with Crippen molar-refractivity contribution >= 4 is 5.91 Å². The zero-order valence-electron chi connectivity index (χ0n) is 10.2. The summed E-state index contributed by atoms with van der Waals surface area (Å²) in [5.74, 6) is 0.565. The number of hydrogen-bond donors (Lipinski definition) is 1. The van der Waals surface area contributed by atoms with Crippen molar-refractivity contribution in [1.82, 2.24) is 5.32 Å². The molecule has 0 saturated carbocycles. The molecule has 1 amide bonds. The molecule has 80 valence electrons. The lowest BCUT2D eigenvalue weighted by molar-refractivity contribution is -0.122. The van der Waals surface area contributed by atoms with Gasteiger partial charge in [-0.3, -0.25) is 4.79 Å². The summed E-state index contributed by atoms with van der Waals surface area (Å²) in [5, 5.41) is 2.63. The molecule has 0 saturated heterocycles. The normalized spacial score (nSPS) is 12.5. The molecule has 1 atom stereocenters. The summed E-state index contributed by atoms with van der Waals surface area (Å²) >= 11 is 0. The smallest absolute Gasteiger partial charge is 0.220 e. The van der Waals surface area contributed by atoms with Crippen LogP contribution in [0.3, 0.4) is 0 Å². The Hall–Kier alpha value is -0.530. The van der Waals surface area contributed by atoms with E-state index in [1.54, 1.807) is 7.05 Å². The van der Waals surface area contributed by atoms with Crippen molar-refractivity contribution in [3.63, 3.8) is 0 Å². The molecule has 0 aromatic carbocycles. The Morgan fingerprint density at radius 1 is 1.31 bits per heavy atom. The van der Waals surface area contributed by atoms with Gasteiger partial charge < -0.3 is 5.32 Å². The van der Waals surface area contributed by atoms with Crippen LogP contribution in [0.2, 0.25) is 0 Å². The fraction of sp³-hybridized carbons (Fsp3) is 0.909. The van der Waals surface area contributed by atoms with Gasteiger partial charge >= 0.3 is 0 Å². The Labute approximate surface area is 83.1 Å². The summed E-state index contributed by atoms with van der Waals surface area (Å²) in [7, 11) is 1.68. The van der Waals surface area contributed by atoms with Crippen molar-refractivity contribution in [3.8, 4) is 0 Å². The molecule has 0 aromatic heterocycles. The second kappa shape index (κ2) is 6.93. The lowest BCUT2D eigenvalue weighted by Crippen LogP contribution is -2.26. The first-order chi connectivity index (χ1) is 5.88. The predicted molar refractivity (Wildman–Crippen MR) is 58.7 cm³/mol. The first-order valence-corrected chi connectivity index (χ1v) is 5.08. The van der Waals surface area contributed by atoms with Gasteiger partial charge in [-0.25, -0.2) is 0 Å². The fourth-order valence-corrected chi connectivity index (χ4v) is 0.686. The van der Waals surface area contributed by atoms with Gasteiger partial charge in [0.25, 0.3) is 0 Å². The van der Waals surface area contributed by atoms with E-state index in [0.717, 1.165) is 0 Å². The van der Waals surface area contributed by atoms with E-state index in [1.165, 1.54) is 0 Å². The minimum Gasteiger partial charge on any atom is -0.359 e. The zero-order chi connectivity index (χ0) is 11.1. The van der Waals surface area contributed by atoms with Crippen molar-refractivity contribution in [2.24, 2.45) is 11.3 Å². The van der Waals surface area contributed by atoms with Crippen LogP contribution in [-0.2, 0) is 4.79 Å². The first-order valence-electron chi connectivity index (χ1n) is 5.08. The van der Waals surface area contributed by atoms with Gasteiger partial charge in [0.2, 0.25) is 5.91 Å². The van der Waals surface area contributed by atoms with Crippen LogP contribution in [0.4, 0.5) is 0 Å². The molecular formula is C11H25NO. The summed E-state index contributed by atoms with van der Waals surface area (Å²) in [6.45, 7) is 12.6. The monoisotopic (exact) mass is 187 g/mol. The second-order valence-corrected chi connectivity index (χ2v) is 4.14. The van der Waals surface area contributed by atoms with Gasteiger partial charge in [0.1, 0.15) is 0 Å². The van der Waals surface area contributed by atoms with Crippen LogP contribution in [-0.4, -0.2) is 13.0 Å². The Balaban J connectivity index is 0. The molecule has 0 rings (SSSR count). The molecule has 0 radical (unpaired) electrons. The molecule has 0 aromatic rings. The predicted octanol–water partition coefficient (Wildman–Crippen LogP) is 2.83. The number of amides is 1. The highest BCUT2D eigenvalue weighted by molar-refractivity contribution is 5.75. The van der Waals surface area contributed by atoms with Gasteiger partial charge in [0, 0.05) is 13.5 Å². The maximum atomic E-state index is 11.0. The van der Waals surface area contributed by atoms with E-state index in [1.807, 2.05) is 13.8 Å². The number of nitrogens with one attached hydrogen (secondary N) is 1. The van der Waals surface area contributed by atoms with E-state index in [4.69, 9.17) is 0 Å². The van der Waals surface area contributed by atoms with Crippen molar-refractivity contribution in [3.05, 3.63) is 0 Å². The maximum absolute atomic E-state index is 11.0. The minimum atomic E-state index is 0.132. The number of carbonyl (C=O) groups is 1.